The van der Waals surface area contributed by atoms with Crippen LogP contribution in [-0.4, -0.2) is 39.6 Å². The van der Waals surface area contributed by atoms with Crippen LogP contribution in [0.15, 0.2) is 12.4 Å². The van der Waals surface area contributed by atoms with E-state index in [0.717, 1.165) is 43.9 Å². The minimum atomic E-state index is 0.0903. The molecular weight excluding hydrogens is 260 g/mol. The van der Waals surface area contributed by atoms with Gasteiger partial charge in [0.1, 0.15) is 6.10 Å². The van der Waals surface area contributed by atoms with Gasteiger partial charge in [0.15, 0.2) is 5.75 Å². The van der Waals surface area contributed by atoms with Crippen molar-refractivity contribution in [2.45, 2.75) is 50.9 Å². The van der Waals surface area contributed by atoms with Crippen molar-refractivity contribution in [2.75, 3.05) is 18.1 Å². The van der Waals surface area contributed by atoms with E-state index in [1.54, 1.807) is 0 Å². The van der Waals surface area contributed by atoms with E-state index in [1.165, 1.54) is 12.2 Å². The van der Waals surface area contributed by atoms with E-state index in [2.05, 4.69) is 12.0 Å². The van der Waals surface area contributed by atoms with Crippen LogP contribution in [0, 0.1) is 0 Å². The Morgan fingerprint density at radius 3 is 3.37 bits per heavy atom. The normalized spacial score (nSPS) is 30.9. The van der Waals surface area contributed by atoms with Crippen LogP contribution in [0.2, 0.25) is 0 Å². The average Bonchev–Trinajstić information content (AvgIpc) is 3.01. The standard InChI is InChI=1S/C14H22N2O2S/c1-2-5-16-10-13(9-15-16)18-12-3-6-17-14(8-12)4-7-19-11-14/h9-10,12H,2-8,11H2,1H3. The van der Waals surface area contributed by atoms with Crippen LogP contribution in [0.4, 0.5) is 0 Å². The van der Waals surface area contributed by atoms with E-state index in [0.29, 0.717) is 0 Å². The summed E-state index contributed by atoms with van der Waals surface area (Å²) in [6, 6.07) is 0. The first-order valence-electron chi connectivity index (χ1n) is 7.20. The van der Waals surface area contributed by atoms with E-state index in [-0.39, 0.29) is 11.7 Å². The monoisotopic (exact) mass is 282 g/mol. The van der Waals surface area contributed by atoms with Gasteiger partial charge in [0.2, 0.25) is 0 Å². The quantitative estimate of drug-likeness (QED) is 0.851. The van der Waals surface area contributed by atoms with Gasteiger partial charge in [-0.3, -0.25) is 4.68 Å². The summed E-state index contributed by atoms with van der Waals surface area (Å²) in [5.74, 6) is 3.25. The Bertz CT molecular complexity index is 415. The Labute approximate surface area is 118 Å². The molecular formula is C14H22N2O2S. The lowest BCUT2D eigenvalue weighted by Gasteiger charge is -2.37. The number of aromatic nitrogens is 2. The van der Waals surface area contributed by atoms with Gasteiger partial charge in [0.05, 0.1) is 24.6 Å². The van der Waals surface area contributed by atoms with Gasteiger partial charge in [0, 0.05) is 25.1 Å². The summed E-state index contributed by atoms with van der Waals surface area (Å²) in [5.41, 5.74) is 0.0903. The molecule has 1 spiro atoms. The van der Waals surface area contributed by atoms with E-state index in [9.17, 15) is 0 Å². The topological polar surface area (TPSA) is 36.3 Å². The fourth-order valence-corrected chi connectivity index (χ4v) is 4.27. The molecule has 3 rings (SSSR count). The largest absolute Gasteiger partial charge is 0.487 e. The number of hydrogen-bond donors (Lipinski definition) is 0. The molecule has 1 aromatic rings. The van der Waals surface area contributed by atoms with Gasteiger partial charge in [0.25, 0.3) is 0 Å². The molecule has 19 heavy (non-hydrogen) atoms. The van der Waals surface area contributed by atoms with Crippen molar-refractivity contribution in [3.05, 3.63) is 12.4 Å². The van der Waals surface area contributed by atoms with Crippen LogP contribution in [0.25, 0.3) is 0 Å². The van der Waals surface area contributed by atoms with Gasteiger partial charge in [-0.25, -0.2) is 0 Å². The maximum Gasteiger partial charge on any atom is 0.157 e. The third-order valence-corrected chi connectivity index (χ3v) is 5.10. The van der Waals surface area contributed by atoms with Crippen LogP contribution in [0.3, 0.4) is 0 Å². The third-order valence-electron chi connectivity index (χ3n) is 3.88. The molecule has 1 aromatic heterocycles. The van der Waals surface area contributed by atoms with Crippen LogP contribution in [0.5, 0.6) is 5.75 Å². The van der Waals surface area contributed by atoms with Crippen LogP contribution < -0.4 is 4.74 Å². The minimum absolute atomic E-state index is 0.0903. The van der Waals surface area contributed by atoms with Gasteiger partial charge in [-0.2, -0.15) is 16.9 Å². The smallest absolute Gasteiger partial charge is 0.157 e. The van der Waals surface area contributed by atoms with Gasteiger partial charge in [-0.15, -0.1) is 0 Å². The first-order valence-corrected chi connectivity index (χ1v) is 8.36. The second kappa shape index (κ2) is 5.75. The Kier molecular flexibility index (Phi) is 4.03. The van der Waals surface area contributed by atoms with Gasteiger partial charge >= 0.3 is 0 Å². The molecule has 2 fully saturated rings. The molecule has 2 unspecified atom stereocenters. The lowest BCUT2D eigenvalue weighted by molar-refractivity contribution is -0.0959. The Morgan fingerprint density at radius 1 is 1.63 bits per heavy atom. The molecule has 3 heterocycles. The van der Waals surface area contributed by atoms with Gasteiger partial charge < -0.3 is 9.47 Å². The highest BCUT2D eigenvalue weighted by Gasteiger charge is 2.41. The molecule has 0 bridgehead atoms. The predicted molar refractivity (Wildman–Crippen MR) is 76.8 cm³/mol. The minimum Gasteiger partial charge on any atom is -0.487 e. The summed E-state index contributed by atoms with van der Waals surface area (Å²) < 4.78 is 14.1. The Morgan fingerprint density at radius 2 is 2.58 bits per heavy atom. The maximum absolute atomic E-state index is 6.10. The second-order valence-corrected chi connectivity index (χ2v) is 6.61. The molecule has 0 amide bonds. The van der Waals surface area contributed by atoms with Gasteiger partial charge in [-0.1, -0.05) is 6.92 Å². The Hall–Kier alpha value is -0.680. The zero-order chi connectivity index (χ0) is 13.1. The predicted octanol–water partition coefficient (Wildman–Crippen LogP) is 2.73. The Balaban J connectivity index is 1.59. The highest BCUT2D eigenvalue weighted by molar-refractivity contribution is 7.99. The molecule has 0 aliphatic carbocycles. The second-order valence-electron chi connectivity index (χ2n) is 5.51. The summed E-state index contributed by atoms with van der Waals surface area (Å²) >= 11 is 2.00. The van der Waals surface area contributed by atoms with Crippen molar-refractivity contribution in [1.29, 1.82) is 0 Å². The van der Waals surface area contributed by atoms with Crippen molar-refractivity contribution in [2.24, 2.45) is 0 Å². The number of thioether (sulfide) groups is 1. The molecule has 0 saturated carbocycles. The zero-order valence-electron chi connectivity index (χ0n) is 11.5. The van der Waals surface area contributed by atoms with Crippen molar-refractivity contribution < 1.29 is 9.47 Å². The van der Waals surface area contributed by atoms with Crippen LogP contribution >= 0.6 is 11.8 Å². The first kappa shape index (κ1) is 13.3. The number of aryl methyl sites for hydroxylation is 1. The summed E-state index contributed by atoms with van der Waals surface area (Å²) in [4.78, 5) is 0. The maximum atomic E-state index is 6.10. The third kappa shape index (κ3) is 3.08. The average molecular weight is 282 g/mol. The number of ether oxygens (including phenoxy) is 2. The summed E-state index contributed by atoms with van der Waals surface area (Å²) in [7, 11) is 0. The van der Waals surface area contributed by atoms with Crippen molar-refractivity contribution in [3.63, 3.8) is 0 Å². The highest BCUT2D eigenvalue weighted by Crippen LogP contribution is 2.39. The number of hydrogen-bond acceptors (Lipinski definition) is 4. The van der Waals surface area contributed by atoms with E-state index in [4.69, 9.17) is 9.47 Å². The molecule has 0 N–H and O–H groups in total. The van der Waals surface area contributed by atoms with E-state index < -0.39 is 0 Å². The SMILES string of the molecule is CCCn1cc(OC2CCOC3(CCSC3)C2)cn1. The number of rotatable bonds is 4. The summed E-state index contributed by atoms with van der Waals surface area (Å²) in [6.07, 6.45) is 8.41. The molecule has 106 valence electrons. The fourth-order valence-electron chi connectivity index (χ4n) is 2.90. The van der Waals surface area contributed by atoms with Crippen molar-refractivity contribution in [3.8, 4) is 5.75 Å². The van der Waals surface area contributed by atoms with Crippen LogP contribution in [-0.2, 0) is 11.3 Å². The zero-order valence-corrected chi connectivity index (χ0v) is 12.3. The molecule has 2 saturated heterocycles. The first-order chi connectivity index (χ1) is 9.30. The molecule has 2 aliphatic heterocycles. The lowest BCUT2D eigenvalue weighted by Crippen LogP contribution is -2.43. The van der Waals surface area contributed by atoms with Crippen molar-refractivity contribution >= 4 is 11.8 Å². The van der Waals surface area contributed by atoms with Gasteiger partial charge in [-0.05, 0) is 18.6 Å². The molecule has 2 aliphatic rings. The van der Waals surface area contributed by atoms with E-state index >= 15 is 0 Å². The summed E-state index contributed by atoms with van der Waals surface area (Å²) in [5, 5.41) is 4.32. The van der Waals surface area contributed by atoms with E-state index in [1.807, 2.05) is 28.8 Å². The highest BCUT2D eigenvalue weighted by atomic mass is 32.2. The van der Waals surface area contributed by atoms with Crippen LogP contribution in [0.1, 0.15) is 32.6 Å². The molecule has 5 heteroatoms. The summed E-state index contributed by atoms with van der Waals surface area (Å²) in [6.45, 7) is 3.94. The molecule has 2 atom stereocenters. The molecule has 0 radical (unpaired) electrons. The molecule has 0 aromatic carbocycles. The molecule has 4 nitrogen and oxygen atoms in total. The number of nitrogens with zero attached hydrogens (tertiary/aromatic N) is 2. The van der Waals surface area contributed by atoms with Crippen molar-refractivity contribution in [1.82, 2.24) is 9.78 Å². The lowest BCUT2D eigenvalue weighted by atomic mass is 9.91. The fraction of sp³-hybridized carbons (Fsp3) is 0.786.